The molecule has 0 fully saturated rings. The third kappa shape index (κ3) is 5.25. The Hall–Kier alpha value is -3.85. The predicted molar refractivity (Wildman–Crippen MR) is 126 cm³/mol. The predicted octanol–water partition coefficient (Wildman–Crippen LogP) is 7.34. The number of carbonyl (C=O) groups excluding carboxylic acids is 1. The maximum atomic E-state index is 13.0. The van der Waals surface area contributed by atoms with Gasteiger partial charge >= 0.3 is 6.16 Å². The number of benzene rings is 4. The second kappa shape index (κ2) is 9.97. The summed E-state index contributed by atoms with van der Waals surface area (Å²) in [4.78, 5) is 13.0. The molecular formula is C29H26O3. The average Bonchev–Trinajstić information content (AvgIpc) is 2.83. The van der Waals surface area contributed by atoms with Crippen LogP contribution < -0.4 is 0 Å². The van der Waals surface area contributed by atoms with Gasteiger partial charge < -0.3 is 9.47 Å². The van der Waals surface area contributed by atoms with Gasteiger partial charge in [0.1, 0.15) is 0 Å². The first kappa shape index (κ1) is 21.4. The van der Waals surface area contributed by atoms with Crippen LogP contribution in [0.4, 0.5) is 4.79 Å². The molecule has 0 amide bonds. The molecule has 160 valence electrons. The van der Waals surface area contributed by atoms with Gasteiger partial charge in [-0.25, -0.2) is 4.79 Å². The molecule has 32 heavy (non-hydrogen) atoms. The highest BCUT2D eigenvalue weighted by molar-refractivity contribution is 5.62. The first-order valence-electron chi connectivity index (χ1n) is 10.7. The van der Waals surface area contributed by atoms with Crippen LogP contribution in [0.5, 0.6) is 0 Å². The number of rotatable bonds is 6. The fourth-order valence-electron chi connectivity index (χ4n) is 3.62. The normalized spacial score (nSPS) is 12.6. The molecule has 3 nitrogen and oxygen atoms in total. The van der Waals surface area contributed by atoms with Gasteiger partial charge in [0.2, 0.25) is 0 Å². The van der Waals surface area contributed by atoms with E-state index in [0.29, 0.717) is 0 Å². The molecule has 3 heteroatoms. The van der Waals surface area contributed by atoms with Crippen LogP contribution in [0.1, 0.15) is 45.6 Å². The summed E-state index contributed by atoms with van der Waals surface area (Å²) in [6.07, 6.45) is -1.83. The van der Waals surface area contributed by atoms with Gasteiger partial charge in [-0.15, -0.1) is 0 Å². The van der Waals surface area contributed by atoms with Crippen LogP contribution in [0.2, 0.25) is 0 Å². The van der Waals surface area contributed by atoms with E-state index in [9.17, 15) is 4.79 Å². The fourth-order valence-corrected chi connectivity index (χ4v) is 3.62. The molecule has 0 heterocycles. The highest BCUT2D eigenvalue weighted by Gasteiger charge is 2.24. The van der Waals surface area contributed by atoms with Crippen LogP contribution in [-0.2, 0) is 9.47 Å². The van der Waals surface area contributed by atoms with E-state index in [-0.39, 0.29) is 0 Å². The minimum Gasteiger partial charge on any atom is -0.421 e. The van der Waals surface area contributed by atoms with E-state index in [1.807, 2.05) is 123 Å². The lowest BCUT2D eigenvalue weighted by molar-refractivity contribution is 0.0166. The summed E-state index contributed by atoms with van der Waals surface area (Å²) in [6, 6.07) is 35.4. The van der Waals surface area contributed by atoms with E-state index in [4.69, 9.17) is 9.47 Å². The lowest BCUT2D eigenvalue weighted by Gasteiger charge is -2.22. The number of hydrogen-bond donors (Lipinski definition) is 0. The molecule has 0 aliphatic heterocycles. The maximum absolute atomic E-state index is 13.0. The molecule has 0 N–H and O–H groups in total. The van der Waals surface area contributed by atoms with Crippen molar-refractivity contribution in [3.63, 3.8) is 0 Å². The van der Waals surface area contributed by atoms with Gasteiger partial charge in [-0.3, -0.25) is 0 Å². The molecule has 0 saturated carbocycles. The van der Waals surface area contributed by atoms with Gasteiger partial charge in [0.25, 0.3) is 0 Å². The van der Waals surface area contributed by atoms with Gasteiger partial charge in [0.15, 0.2) is 12.2 Å². The highest BCUT2D eigenvalue weighted by atomic mass is 16.7. The Morgan fingerprint density at radius 2 is 0.812 bits per heavy atom. The van der Waals surface area contributed by atoms with E-state index in [2.05, 4.69) is 0 Å². The van der Waals surface area contributed by atoms with Crippen molar-refractivity contribution in [2.24, 2.45) is 0 Å². The smallest absolute Gasteiger partial charge is 0.421 e. The Balaban J connectivity index is 1.61. The molecular weight excluding hydrogens is 396 g/mol. The van der Waals surface area contributed by atoms with E-state index in [1.54, 1.807) is 0 Å². The zero-order valence-electron chi connectivity index (χ0n) is 18.3. The van der Waals surface area contributed by atoms with Crippen LogP contribution in [0, 0.1) is 13.8 Å². The highest BCUT2D eigenvalue weighted by Crippen LogP contribution is 2.30. The van der Waals surface area contributed by atoms with Gasteiger partial charge in [-0.05, 0) is 36.1 Å². The van der Waals surface area contributed by atoms with Crippen molar-refractivity contribution in [1.29, 1.82) is 0 Å². The summed E-state index contributed by atoms with van der Waals surface area (Å²) in [7, 11) is 0. The molecule has 4 rings (SSSR count). The fraction of sp³-hybridized carbons (Fsp3) is 0.138. The number of aryl methyl sites for hydroxylation is 2. The zero-order chi connectivity index (χ0) is 22.3. The molecule has 0 aliphatic rings. The van der Waals surface area contributed by atoms with Crippen molar-refractivity contribution in [1.82, 2.24) is 0 Å². The van der Waals surface area contributed by atoms with Crippen LogP contribution in [-0.4, -0.2) is 6.16 Å². The first-order valence-corrected chi connectivity index (χ1v) is 10.7. The SMILES string of the molecule is Cc1ccc(C(OC(=O)OC(c2ccccc2)c2ccc(C)cc2)c2ccccc2)cc1. The lowest BCUT2D eigenvalue weighted by atomic mass is 10.00. The summed E-state index contributed by atoms with van der Waals surface area (Å²) in [5.74, 6) is 0. The van der Waals surface area contributed by atoms with Gasteiger partial charge in [-0.2, -0.15) is 0 Å². The Kier molecular flexibility index (Phi) is 6.66. The molecule has 0 aliphatic carbocycles. The molecule has 0 saturated heterocycles. The minimum atomic E-state index is -0.714. The van der Waals surface area contributed by atoms with Gasteiger partial charge in [0.05, 0.1) is 0 Å². The number of hydrogen-bond acceptors (Lipinski definition) is 3. The van der Waals surface area contributed by atoms with Crippen molar-refractivity contribution in [3.8, 4) is 0 Å². The zero-order valence-corrected chi connectivity index (χ0v) is 18.3. The van der Waals surface area contributed by atoms with E-state index < -0.39 is 18.4 Å². The van der Waals surface area contributed by atoms with Crippen molar-refractivity contribution in [2.45, 2.75) is 26.1 Å². The van der Waals surface area contributed by atoms with Crippen LogP contribution in [0.25, 0.3) is 0 Å². The van der Waals surface area contributed by atoms with E-state index >= 15 is 0 Å². The summed E-state index contributed by atoms with van der Waals surface area (Å²) >= 11 is 0. The Morgan fingerprint density at radius 1 is 0.500 bits per heavy atom. The van der Waals surface area contributed by atoms with Crippen LogP contribution in [0.3, 0.4) is 0 Å². The maximum Gasteiger partial charge on any atom is 0.510 e. The third-order valence-electron chi connectivity index (χ3n) is 5.39. The summed E-state index contributed by atoms with van der Waals surface area (Å²) in [6.45, 7) is 4.06. The van der Waals surface area contributed by atoms with Crippen molar-refractivity contribution in [3.05, 3.63) is 143 Å². The van der Waals surface area contributed by atoms with Gasteiger partial charge in [0, 0.05) is 0 Å². The molecule has 2 unspecified atom stereocenters. The molecule has 4 aromatic carbocycles. The van der Waals surface area contributed by atoms with Crippen molar-refractivity contribution in [2.75, 3.05) is 0 Å². The Bertz CT molecular complexity index is 1040. The Morgan fingerprint density at radius 3 is 1.16 bits per heavy atom. The average molecular weight is 423 g/mol. The van der Waals surface area contributed by atoms with Crippen LogP contribution in [0.15, 0.2) is 109 Å². The molecule has 0 aromatic heterocycles. The lowest BCUT2D eigenvalue weighted by Crippen LogP contribution is -2.18. The number of carbonyl (C=O) groups is 1. The van der Waals surface area contributed by atoms with Crippen molar-refractivity contribution < 1.29 is 14.3 Å². The monoisotopic (exact) mass is 422 g/mol. The topological polar surface area (TPSA) is 35.5 Å². The second-order valence-corrected chi connectivity index (χ2v) is 7.89. The molecule has 0 bridgehead atoms. The Labute approximate surface area is 189 Å². The van der Waals surface area contributed by atoms with Crippen molar-refractivity contribution >= 4 is 6.16 Å². The molecule has 0 spiro atoms. The van der Waals surface area contributed by atoms with Gasteiger partial charge in [-0.1, -0.05) is 120 Å². The van der Waals surface area contributed by atoms with E-state index in [0.717, 1.165) is 33.4 Å². The summed E-state index contributed by atoms with van der Waals surface area (Å²) in [5.41, 5.74) is 5.86. The van der Waals surface area contributed by atoms with E-state index in [1.165, 1.54) is 0 Å². The first-order chi connectivity index (χ1) is 15.6. The largest absolute Gasteiger partial charge is 0.510 e. The quantitative estimate of drug-likeness (QED) is 0.305. The number of ether oxygens (including phenoxy) is 2. The molecule has 4 aromatic rings. The second-order valence-electron chi connectivity index (χ2n) is 7.89. The summed E-state index contributed by atoms with van der Waals surface area (Å²) < 4.78 is 11.8. The summed E-state index contributed by atoms with van der Waals surface area (Å²) in [5, 5.41) is 0. The van der Waals surface area contributed by atoms with Crippen LogP contribution >= 0.6 is 0 Å². The molecule has 2 atom stereocenters. The standard InChI is InChI=1S/C29H26O3/c1-21-13-17-25(18-14-21)27(23-9-5-3-6-10-23)31-29(30)32-28(24-11-7-4-8-12-24)26-19-15-22(2)16-20-26/h3-20,27-28H,1-2H3. The third-order valence-corrected chi connectivity index (χ3v) is 5.39. The molecule has 0 radical (unpaired) electrons. The minimum absolute atomic E-state index is 0.557.